The van der Waals surface area contributed by atoms with Crippen molar-refractivity contribution in [3.05, 3.63) is 51.8 Å². The van der Waals surface area contributed by atoms with Crippen molar-refractivity contribution in [2.75, 3.05) is 23.1 Å². The minimum atomic E-state index is -4.86. The van der Waals surface area contributed by atoms with Crippen LogP contribution in [0.15, 0.2) is 29.3 Å². The molecule has 1 aromatic carbocycles. The zero-order valence-electron chi connectivity index (χ0n) is 18.7. The van der Waals surface area contributed by atoms with Gasteiger partial charge in [-0.15, -0.1) is 0 Å². The van der Waals surface area contributed by atoms with Gasteiger partial charge in [0.2, 0.25) is 0 Å². The summed E-state index contributed by atoms with van der Waals surface area (Å²) in [4.78, 5) is 28.5. The van der Waals surface area contributed by atoms with Gasteiger partial charge in [-0.3, -0.25) is 9.59 Å². The first-order valence-electron chi connectivity index (χ1n) is 9.92. The van der Waals surface area contributed by atoms with Gasteiger partial charge in [-0.2, -0.15) is 24.9 Å². The molecular weight excluding hydrogens is 515 g/mol. The molecular formula is C21H23ClF3N3O4S2. The monoisotopic (exact) mass is 537 g/mol. The van der Waals surface area contributed by atoms with Crippen LogP contribution in [0.25, 0.3) is 0 Å². The van der Waals surface area contributed by atoms with Crippen LogP contribution in [0.4, 0.5) is 18.9 Å². The average Bonchev–Trinajstić information content (AvgIpc) is 2.74. The van der Waals surface area contributed by atoms with Crippen molar-refractivity contribution in [2.24, 2.45) is 0 Å². The summed E-state index contributed by atoms with van der Waals surface area (Å²) in [7, 11) is -4.24. The van der Waals surface area contributed by atoms with Crippen molar-refractivity contribution >= 4 is 50.7 Å². The van der Waals surface area contributed by atoms with E-state index in [0.717, 1.165) is 0 Å². The average molecular weight is 538 g/mol. The number of hydrogen-bond donors (Lipinski definition) is 2. The number of carbonyl (C=O) groups is 2. The van der Waals surface area contributed by atoms with E-state index in [0.29, 0.717) is 23.6 Å². The van der Waals surface area contributed by atoms with Crippen LogP contribution in [0.3, 0.4) is 0 Å². The third kappa shape index (κ3) is 6.63. The highest BCUT2D eigenvalue weighted by Gasteiger charge is 2.34. The Kier molecular flexibility index (Phi) is 9.00. The molecule has 0 bridgehead atoms. The van der Waals surface area contributed by atoms with E-state index in [2.05, 4.69) is 15.6 Å². The standard InChI is InChI=1S/C21H23ClF3N3O4S2/c1-5-34(31,32)16-7-13(21(23,24)25)9-26-18(16)20(30)28-17-11(2)6-14(22)8-15(17)19(29)27-12(3)10-33-4/h6-9,12H,5,10H2,1-4H3,(H,27,29)(H,28,30)/t12-/m0/s1. The second-order valence-corrected chi connectivity index (χ2v) is 11.0. The minimum Gasteiger partial charge on any atom is -0.349 e. The second kappa shape index (κ2) is 11.0. The summed E-state index contributed by atoms with van der Waals surface area (Å²) in [5.74, 6) is -1.54. The molecule has 0 spiro atoms. The molecule has 1 atom stereocenters. The number of carbonyl (C=O) groups excluding carboxylic acids is 2. The predicted molar refractivity (Wildman–Crippen MR) is 126 cm³/mol. The molecule has 186 valence electrons. The normalized spacial score (nSPS) is 12.8. The van der Waals surface area contributed by atoms with Gasteiger partial charge in [0, 0.05) is 23.0 Å². The largest absolute Gasteiger partial charge is 0.417 e. The number of amides is 2. The molecule has 1 heterocycles. The number of rotatable bonds is 8. The van der Waals surface area contributed by atoms with Crippen LogP contribution in [0.1, 0.15) is 45.8 Å². The number of anilines is 1. The molecule has 2 N–H and O–H groups in total. The van der Waals surface area contributed by atoms with E-state index < -0.39 is 49.7 Å². The van der Waals surface area contributed by atoms with Gasteiger partial charge in [-0.25, -0.2) is 13.4 Å². The van der Waals surface area contributed by atoms with Gasteiger partial charge in [0.05, 0.1) is 27.5 Å². The SMILES string of the molecule is CCS(=O)(=O)c1cc(C(F)(F)F)cnc1C(=O)Nc1c(C)cc(Cl)cc1C(=O)N[C@@H](C)CSC. The van der Waals surface area contributed by atoms with Gasteiger partial charge in [0.15, 0.2) is 9.84 Å². The van der Waals surface area contributed by atoms with Crippen molar-refractivity contribution in [2.45, 2.75) is 37.9 Å². The topological polar surface area (TPSA) is 105 Å². The summed E-state index contributed by atoms with van der Waals surface area (Å²) in [6, 6.07) is 2.98. The molecule has 0 unspecified atom stereocenters. The molecule has 34 heavy (non-hydrogen) atoms. The highest BCUT2D eigenvalue weighted by atomic mass is 35.5. The molecule has 13 heteroatoms. The number of alkyl halides is 3. The Morgan fingerprint density at radius 3 is 2.41 bits per heavy atom. The Morgan fingerprint density at radius 2 is 1.85 bits per heavy atom. The summed E-state index contributed by atoms with van der Waals surface area (Å²) in [5, 5.41) is 5.42. The molecule has 0 fully saturated rings. The zero-order chi connectivity index (χ0) is 25.8. The molecule has 7 nitrogen and oxygen atoms in total. The van der Waals surface area contributed by atoms with Crippen LogP contribution in [0.5, 0.6) is 0 Å². The van der Waals surface area contributed by atoms with Crippen LogP contribution in [-0.4, -0.2) is 49.0 Å². The second-order valence-electron chi connectivity index (χ2n) is 7.40. The number of aryl methyl sites for hydroxylation is 1. The number of thioether (sulfide) groups is 1. The number of benzene rings is 1. The van der Waals surface area contributed by atoms with Crippen LogP contribution >= 0.6 is 23.4 Å². The number of sulfone groups is 1. The first kappa shape index (κ1) is 27.9. The van der Waals surface area contributed by atoms with Crippen LogP contribution in [-0.2, 0) is 16.0 Å². The lowest BCUT2D eigenvalue weighted by atomic mass is 10.1. The first-order chi connectivity index (χ1) is 15.7. The van der Waals surface area contributed by atoms with Gasteiger partial charge in [0.25, 0.3) is 11.8 Å². The number of nitrogens with one attached hydrogen (secondary N) is 2. The number of aromatic nitrogens is 1. The third-order valence-electron chi connectivity index (χ3n) is 4.69. The lowest BCUT2D eigenvalue weighted by Gasteiger charge is -2.18. The summed E-state index contributed by atoms with van der Waals surface area (Å²) >= 11 is 7.60. The maximum absolute atomic E-state index is 13.1. The van der Waals surface area contributed by atoms with Crippen molar-refractivity contribution < 1.29 is 31.2 Å². The number of hydrogen-bond acceptors (Lipinski definition) is 6. The summed E-state index contributed by atoms with van der Waals surface area (Å²) < 4.78 is 64.3. The Morgan fingerprint density at radius 1 is 1.21 bits per heavy atom. The number of halogens is 4. The van der Waals surface area contributed by atoms with Crippen LogP contribution < -0.4 is 10.6 Å². The molecule has 1 aromatic heterocycles. The summed E-state index contributed by atoms with van der Waals surface area (Å²) in [6.07, 6.45) is -2.60. The quantitative estimate of drug-likeness (QED) is 0.510. The van der Waals surface area contributed by atoms with Gasteiger partial charge >= 0.3 is 6.18 Å². The Labute approximate surface area is 204 Å². The molecule has 2 amide bonds. The zero-order valence-corrected chi connectivity index (χ0v) is 21.1. The van der Waals surface area contributed by atoms with Gasteiger partial charge in [-0.05, 0) is 43.9 Å². The Balaban J connectivity index is 2.55. The predicted octanol–water partition coefficient (Wildman–Crippen LogP) is 4.59. The molecule has 0 aliphatic rings. The molecule has 0 aliphatic carbocycles. The Hall–Kier alpha value is -2.31. The van der Waals surface area contributed by atoms with E-state index in [4.69, 9.17) is 11.6 Å². The van der Waals surface area contributed by atoms with Crippen LogP contribution in [0, 0.1) is 6.92 Å². The maximum atomic E-state index is 13.1. The fraction of sp³-hybridized carbons (Fsp3) is 0.381. The van der Waals surface area contributed by atoms with E-state index in [-0.39, 0.29) is 22.3 Å². The lowest BCUT2D eigenvalue weighted by Crippen LogP contribution is -2.35. The number of nitrogens with zero attached hydrogens (tertiary/aromatic N) is 1. The van der Waals surface area contributed by atoms with Crippen LogP contribution in [0.2, 0.25) is 5.02 Å². The summed E-state index contributed by atoms with van der Waals surface area (Å²) in [5.41, 5.74) is -1.59. The van der Waals surface area contributed by atoms with Gasteiger partial charge in [-0.1, -0.05) is 18.5 Å². The lowest BCUT2D eigenvalue weighted by molar-refractivity contribution is -0.138. The number of pyridine rings is 1. The third-order valence-corrected chi connectivity index (χ3v) is 7.48. The highest BCUT2D eigenvalue weighted by molar-refractivity contribution is 7.98. The minimum absolute atomic E-state index is 0.0121. The molecule has 0 aliphatic heterocycles. The molecule has 0 saturated carbocycles. The fourth-order valence-corrected chi connectivity index (χ4v) is 4.93. The maximum Gasteiger partial charge on any atom is 0.417 e. The van der Waals surface area contributed by atoms with E-state index in [9.17, 15) is 31.2 Å². The van der Waals surface area contributed by atoms with Crippen molar-refractivity contribution in [3.8, 4) is 0 Å². The van der Waals surface area contributed by atoms with E-state index in [1.807, 2.05) is 6.26 Å². The van der Waals surface area contributed by atoms with Crippen molar-refractivity contribution in [1.82, 2.24) is 10.3 Å². The smallest absolute Gasteiger partial charge is 0.349 e. The highest BCUT2D eigenvalue weighted by Crippen LogP contribution is 2.32. The fourth-order valence-electron chi connectivity index (χ4n) is 3.02. The van der Waals surface area contributed by atoms with E-state index in [1.54, 1.807) is 13.8 Å². The van der Waals surface area contributed by atoms with Gasteiger partial charge < -0.3 is 10.6 Å². The first-order valence-corrected chi connectivity index (χ1v) is 13.3. The van der Waals surface area contributed by atoms with Crippen molar-refractivity contribution in [1.29, 1.82) is 0 Å². The molecule has 0 radical (unpaired) electrons. The summed E-state index contributed by atoms with van der Waals surface area (Å²) in [6.45, 7) is 4.59. The van der Waals surface area contributed by atoms with E-state index >= 15 is 0 Å². The van der Waals surface area contributed by atoms with Crippen molar-refractivity contribution in [3.63, 3.8) is 0 Å². The van der Waals surface area contributed by atoms with Gasteiger partial charge in [0.1, 0.15) is 5.69 Å². The molecule has 2 aromatic rings. The molecule has 0 saturated heterocycles. The Bertz CT molecular complexity index is 1200. The molecule has 2 rings (SSSR count). The van der Waals surface area contributed by atoms with E-state index in [1.165, 1.54) is 30.8 Å².